The van der Waals surface area contributed by atoms with Crippen LogP contribution in [0.5, 0.6) is 0 Å². The van der Waals surface area contributed by atoms with Crippen LogP contribution in [0.2, 0.25) is 0 Å². The highest BCUT2D eigenvalue weighted by atomic mass is 32.1. The van der Waals surface area contributed by atoms with E-state index in [0.717, 1.165) is 18.8 Å². The van der Waals surface area contributed by atoms with Gasteiger partial charge < -0.3 is 5.32 Å². The summed E-state index contributed by atoms with van der Waals surface area (Å²) in [6.45, 7) is 7.93. The molecule has 92 valence electrons. The number of nitrogens with zero attached hydrogens (tertiary/aromatic N) is 4. The summed E-state index contributed by atoms with van der Waals surface area (Å²) in [4.78, 5) is 1.19. The third kappa shape index (κ3) is 2.70. The zero-order chi connectivity index (χ0) is 12.3. The maximum absolute atomic E-state index is 4.27. The van der Waals surface area contributed by atoms with E-state index in [2.05, 4.69) is 39.9 Å². The van der Waals surface area contributed by atoms with Crippen molar-refractivity contribution in [1.82, 2.24) is 24.7 Å². The number of aromatic nitrogens is 4. The third-order valence-electron chi connectivity index (χ3n) is 2.81. The van der Waals surface area contributed by atoms with Crippen LogP contribution in [-0.4, -0.2) is 19.4 Å². The number of hydrogen-bond donors (Lipinski definition) is 1. The van der Waals surface area contributed by atoms with Crippen LogP contribution >= 0.6 is 11.5 Å². The molecule has 0 spiro atoms. The maximum atomic E-state index is 4.27. The molecule has 0 saturated heterocycles. The van der Waals surface area contributed by atoms with Gasteiger partial charge in [0, 0.05) is 25.3 Å². The summed E-state index contributed by atoms with van der Waals surface area (Å²) >= 11 is 1.45. The largest absolute Gasteiger partial charge is 0.304 e. The van der Waals surface area contributed by atoms with Gasteiger partial charge in [0.25, 0.3) is 0 Å². The quantitative estimate of drug-likeness (QED) is 0.882. The van der Waals surface area contributed by atoms with E-state index in [4.69, 9.17) is 0 Å². The Morgan fingerprint density at radius 3 is 3.00 bits per heavy atom. The first-order valence-corrected chi connectivity index (χ1v) is 6.52. The fourth-order valence-corrected chi connectivity index (χ4v) is 2.32. The van der Waals surface area contributed by atoms with Gasteiger partial charge in [0.05, 0.1) is 16.3 Å². The second kappa shape index (κ2) is 5.37. The van der Waals surface area contributed by atoms with E-state index < -0.39 is 0 Å². The van der Waals surface area contributed by atoms with Crippen molar-refractivity contribution in [3.05, 3.63) is 28.5 Å². The van der Waals surface area contributed by atoms with Crippen molar-refractivity contribution in [2.75, 3.05) is 0 Å². The van der Waals surface area contributed by atoms with E-state index in [1.54, 1.807) is 0 Å². The van der Waals surface area contributed by atoms with Crippen LogP contribution in [-0.2, 0) is 13.1 Å². The van der Waals surface area contributed by atoms with Crippen LogP contribution in [0.3, 0.4) is 0 Å². The zero-order valence-electron chi connectivity index (χ0n) is 10.3. The average Bonchev–Trinajstić information content (AvgIpc) is 2.94. The lowest BCUT2D eigenvalue weighted by molar-refractivity contribution is 0.510. The molecule has 2 heterocycles. The van der Waals surface area contributed by atoms with E-state index in [-0.39, 0.29) is 6.04 Å². The molecule has 0 fully saturated rings. The third-order valence-corrected chi connectivity index (χ3v) is 3.63. The van der Waals surface area contributed by atoms with Crippen LogP contribution in [0.25, 0.3) is 0 Å². The minimum atomic E-state index is 0.277. The Labute approximate surface area is 105 Å². The summed E-state index contributed by atoms with van der Waals surface area (Å²) in [5.74, 6) is 0. The van der Waals surface area contributed by atoms with Crippen LogP contribution in [0.15, 0.2) is 12.3 Å². The molecule has 0 bridgehead atoms. The van der Waals surface area contributed by atoms with Gasteiger partial charge >= 0.3 is 0 Å². The molecule has 5 nitrogen and oxygen atoms in total. The molecule has 2 aromatic rings. The molecule has 1 atom stereocenters. The summed E-state index contributed by atoms with van der Waals surface area (Å²) in [5, 5.41) is 11.7. The Hall–Kier alpha value is -1.27. The van der Waals surface area contributed by atoms with E-state index in [9.17, 15) is 0 Å². The average molecular weight is 251 g/mol. The van der Waals surface area contributed by atoms with Gasteiger partial charge in [0.2, 0.25) is 0 Å². The summed E-state index contributed by atoms with van der Waals surface area (Å²) in [6, 6.07) is 2.33. The molecular weight excluding hydrogens is 234 g/mol. The molecule has 0 aliphatic heterocycles. The molecule has 2 aromatic heterocycles. The smallest absolute Gasteiger partial charge is 0.0769 e. The predicted octanol–water partition coefficient (Wildman–Crippen LogP) is 1.91. The molecule has 0 saturated carbocycles. The highest BCUT2D eigenvalue weighted by Gasteiger charge is 2.11. The van der Waals surface area contributed by atoms with Crippen molar-refractivity contribution in [3.63, 3.8) is 0 Å². The van der Waals surface area contributed by atoms with Crippen LogP contribution in [0, 0.1) is 6.92 Å². The summed E-state index contributed by atoms with van der Waals surface area (Å²) in [7, 11) is 0. The van der Waals surface area contributed by atoms with Crippen LogP contribution in [0.4, 0.5) is 0 Å². The first kappa shape index (κ1) is 12.2. The van der Waals surface area contributed by atoms with Crippen molar-refractivity contribution in [2.24, 2.45) is 0 Å². The Morgan fingerprint density at radius 1 is 1.53 bits per heavy atom. The second-order valence-corrected chi connectivity index (χ2v) is 4.79. The molecule has 1 N–H and O–H groups in total. The molecule has 6 heteroatoms. The van der Waals surface area contributed by atoms with Crippen molar-refractivity contribution < 1.29 is 0 Å². The minimum Gasteiger partial charge on any atom is -0.304 e. The molecule has 0 radical (unpaired) electrons. The van der Waals surface area contributed by atoms with Crippen molar-refractivity contribution in [2.45, 2.75) is 39.9 Å². The molecule has 1 unspecified atom stereocenters. The molecule has 2 rings (SSSR count). The molecule has 0 aromatic carbocycles. The van der Waals surface area contributed by atoms with E-state index in [1.165, 1.54) is 22.1 Å². The Morgan fingerprint density at radius 2 is 2.35 bits per heavy atom. The summed E-state index contributed by atoms with van der Waals surface area (Å²) < 4.78 is 5.94. The molecule has 0 aliphatic rings. The van der Waals surface area contributed by atoms with Gasteiger partial charge in [-0.05, 0) is 38.4 Å². The zero-order valence-corrected chi connectivity index (χ0v) is 11.2. The molecular formula is C11H17N5S. The standard InChI is InChI=1S/C11H17N5S/c1-4-16-10(5-6-13-16)8(2)12-7-11-9(3)14-15-17-11/h5-6,8,12H,4,7H2,1-3H3. The fraction of sp³-hybridized carbons (Fsp3) is 0.545. The first-order valence-electron chi connectivity index (χ1n) is 5.75. The van der Waals surface area contributed by atoms with Gasteiger partial charge in [-0.25, -0.2) is 0 Å². The van der Waals surface area contributed by atoms with Gasteiger partial charge in [0.1, 0.15) is 0 Å². The molecule has 0 aliphatic carbocycles. The Bertz CT molecular complexity index is 476. The lowest BCUT2D eigenvalue weighted by atomic mass is 10.2. The van der Waals surface area contributed by atoms with Gasteiger partial charge in [-0.15, -0.1) is 5.10 Å². The van der Waals surface area contributed by atoms with E-state index in [0.29, 0.717) is 0 Å². The summed E-state index contributed by atoms with van der Waals surface area (Å²) in [5.41, 5.74) is 2.22. The van der Waals surface area contributed by atoms with Gasteiger partial charge in [-0.2, -0.15) is 5.10 Å². The fourth-order valence-electron chi connectivity index (χ4n) is 1.74. The highest BCUT2D eigenvalue weighted by molar-refractivity contribution is 7.05. The van der Waals surface area contributed by atoms with Crippen molar-refractivity contribution in [3.8, 4) is 0 Å². The number of nitrogens with one attached hydrogen (secondary N) is 1. The lowest BCUT2D eigenvalue weighted by Crippen LogP contribution is -2.21. The SMILES string of the molecule is CCn1nccc1C(C)NCc1snnc1C. The predicted molar refractivity (Wildman–Crippen MR) is 67.8 cm³/mol. The number of rotatable bonds is 5. The number of hydrogen-bond acceptors (Lipinski definition) is 5. The van der Waals surface area contributed by atoms with Crippen LogP contribution < -0.4 is 5.32 Å². The van der Waals surface area contributed by atoms with Gasteiger partial charge in [0.15, 0.2) is 0 Å². The van der Waals surface area contributed by atoms with Crippen molar-refractivity contribution >= 4 is 11.5 Å². The van der Waals surface area contributed by atoms with E-state index >= 15 is 0 Å². The number of aryl methyl sites for hydroxylation is 2. The first-order chi connectivity index (χ1) is 8.22. The van der Waals surface area contributed by atoms with Crippen LogP contribution in [0.1, 0.15) is 36.2 Å². The van der Waals surface area contributed by atoms with Gasteiger partial charge in [-0.1, -0.05) is 4.49 Å². The highest BCUT2D eigenvalue weighted by Crippen LogP contribution is 2.14. The topological polar surface area (TPSA) is 55.6 Å². The molecule has 0 amide bonds. The minimum absolute atomic E-state index is 0.277. The lowest BCUT2D eigenvalue weighted by Gasteiger charge is -2.14. The van der Waals surface area contributed by atoms with E-state index in [1.807, 2.05) is 17.8 Å². The Balaban J connectivity index is 1.98. The van der Waals surface area contributed by atoms with Crippen molar-refractivity contribution in [1.29, 1.82) is 0 Å². The monoisotopic (exact) mass is 251 g/mol. The van der Waals surface area contributed by atoms with Gasteiger partial charge in [-0.3, -0.25) is 4.68 Å². The molecule has 17 heavy (non-hydrogen) atoms. The Kier molecular flexibility index (Phi) is 3.86. The summed E-state index contributed by atoms with van der Waals surface area (Å²) in [6.07, 6.45) is 1.84. The maximum Gasteiger partial charge on any atom is 0.0769 e. The second-order valence-electron chi connectivity index (χ2n) is 3.96. The normalized spacial score (nSPS) is 12.9.